The Morgan fingerprint density at radius 1 is 1.41 bits per heavy atom. The summed E-state index contributed by atoms with van der Waals surface area (Å²) in [5, 5.41) is 20.3. The molecular weight excluding hydrogens is 312 g/mol. The predicted octanol–water partition coefficient (Wildman–Crippen LogP) is 1.71. The van der Waals surface area contributed by atoms with Gasteiger partial charge in [-0.25, -0.2) is 8.42 Å². The van der Waals surface area contributed by atoms with E-state index in [1.807, 2.05) is 0 Å². The number of nitrogens with zero attached hydrogens (tertiary/aromatic N) is 2. The fourth-order valence-corrected chi connectivity index (χ4v) is 3.68. The van der Waals surface area contributed by atoms with E-state index in [2.05, 4.69) is 0 Å². The number of carbonyl (C=O) groups is 1. The van der Waals surface area contributed by atoms with Gasteiger partial charge in [0.25, 0.3) is 5.69 Å². The standard InChI is InChI=1S/C13H18N2O6S/c1-4-9(2)12(13(16)17)14(3)22(20,21)11-8-6-5-7-10(11)15(18)19/h5-9,12H,4H2,1-3H3,(H,16,17)/t9-,12-/m0/s1. The fourth-order valence-electron chi connectivity index (χ4n) is 2.11. The van der Waals surface area contributed by atoms with Crippen molar-refractivity contribution >= 4 is 21.7 Å². The van der Waals surface area contributed by atoms with Gasteiger partial charge >= 0.3 is 5.97 Å². The molecule has 0 fully saturated rings. The SMILES string of the molecule is CC[C@H](C)[C@@H](C(=O)O)N(C)S(=O)(=O)c1ccccc1[N+](=O)[O-]. The van der Waals surface area contributed by atoms with Crippen molar-refractivity contribution in [3.05, 3.63) is 34.4 Å². The van der Waals surface area contributed by atoms with E-state index < -0.39 is 43.5 Å². The number of nitro groups is 1. The lowest BCUT2D eigenvalue weighted by molar-refractivity contribution is -0.387. The molecule has 1 rings (SSSR count). The number of nitro benzene ring substituents is 1. The highest BCUT2D eigenvalue weighted by atomic mass is 32.2. The van der Waals surface area contributed by atoms with Crippen molar-refractivity contribution in [3.8, 4) is 0 Å². The molecule has 2 atom stereocenters. The average Bonchev–Trinajstić information content (AvgIpc) is 2.46. The summed E-state index contributed by atoms with van der Waals surface area (Å²) in [6, 6.07) is 3.57. The topological polar surface area (TPSA) is 118 Å². The summed E-state index contributed by atoms with van der Waals surface area (Å²) in [6.45, 7) is 3.36. The van der Waals surface area contributed by atoms with Crippen LogP contribution in [-0.4, -0.2) is 41.8 Å². The second kappa shape index (κ2) is 6.84. The van der Waals surface area contributed by atoms with E-state index in [0.29, 0.717) is 10.7 Å². The van der Waals surface area contributed by atoms with E-state index in [1.54, 1.807) is 13.8 Å². The summed E-state index contributed by atoms with van der Waals surface area (Å²) in [4.78, 5) is 21.1. The summed E-state index contributed by atoms with van der Waals surface area (Å²) in [6.07, 6.45) is 0.452. The van der Waals surface area contributed by atoms with Gasteiger partial charge in [-0.05, 0) is 12.0 Å². The largest absolute Gasteiger partial charge is 0.480 e. The van der Waals surface area contributed by atoms with E-state index in [-0.39, 0.29) is 0 Å². The lowest BCUT2D eigenvalue weighted by atomic mass is 10.00. The van der Waals surface area contributed by atoms with Crippen LogP contribution in [0.15, 0.2) is 29.2 Å². The first-order chi connectivity index (χ1) is 10.1. The minimum Gasteiger partial charge on any atom is -0.480 e. The van der Waals surface area contributed by atoms with Crippen molar-refractivity contribution in [2.24, 2.45) is 5.92 Å². The Labute approximate surface area is 128 Å². The molecule has 0 heterocycles. The quantitative estimate of drug-likeness (QED) is 0.600. The Kier molecular flexibility index (Phi) is 5.61. The molecule has 0 bridgehead atoms. The summed E-state index contributed by atoms with van der Waals surface area (Å²) in [5.41, 5.74) is -0.581. The summed E-state index contributed by atoms with van der Waals surface area (Å²) in [7, 11) is -3.18. The number of sulfonamides is 1. The molecule has 0 unspecified atom stereocenters. The van der Waals surface area contributed by atoms with Crippen LogP contribution in [0.3, 0.4) is 0 Å². The van der Waals surface area contributed by atoms with E-state index in [1.165, 1.54) is 12.1 Å². The van der Waals surface area contributed by atoms with Gasteiger partial charge in [0, 0.05) is 13.1 Å². The Morgan fingerprint density at radius 2 is 1.95 bits per heavy atom. The number of carboxylic acids is 1. The zero-order valence-corrected chi connectivity index (χ0v) is 13.3. The molecule has 22 heavy (non-hydrogen) atoms. The fraction of sp³-hybridized carbons (Fsp3) is 0.462. The monoisotopic (exact) mass is 330 g/mol. The summed E-state index contributed by atoms with van der Waals surface area (Å²) in [5.74, 6) is -1.74. The van der Waals surface area contributed by atoms with Crippen molar-refractivity contribution < 1.29 is 23.2 Å². The van der Waals surface area contributed by atoms with Crippen molar-refractivity contribution in [2.45, 2.75) is 31.2 Å². The van der Waals surface area contributed by atoms with Crippen LogP contribution in [0.4, 0.5) is 5.69 Å². The molecule has 1 aromatic carbocycles. The highest BCUT2D eigenvalue weighted by Gasteiger charge is 2.38. The van der Waals surface area contributed by atoms with Crippen molar-refractivity contribution in [2.75, 3.05) is 7.05 Å². The molecule has 0 spiro atoms. The maximum Gasteiger partial charge on any atom is 0.322 e. The van der Waals surface area contributed by atoms with Crippen LogP contribution in [0.25, 0.3) is 0 Å². The molecule has 0 aliphatic heterocycles. The highest BCUT2D eigenvalue weighted by Crippen LogP contribution is 2.28. The maximum absolute atomic E-state index is 12.6. The van der Waals surface area contributed by atoms with Crippen LogP contribution in [-0.2, 0) is 14.8 Å². The van der Waals surface area contributed by atoms with Gasteiger partial charge in [-0.2, -0.15) is 4.31 Å². The molecule has 8 nitrogen and oxygen atoms in total. The molecule has 1 N–H and O–H groups in total. The van der Waals surface area contributed by atoms with E-state index in [4.69, 9.17) is 0 Å². The third-order valence-corrected chi connectivity index (χ3v) is 5.43. The molecule has 0 aliphatic rings. The number of benzene rings is 1. The molecular formula is C13H18N2O6S. The van der Waals surface area contributed by atoms with Crippen molar-refractivity contribution in [1.29, 1.82) is 0 Å². The third-order valence-electron chi connectivity index (χ3n) is 3.55. The Bertz CT molecular complexity index is 673. The number of rotatable bonds is 7. The normalized spacial score (nSPS) is 14.5. The van der Waals surface area contributed by atoms with E-state index in [9.17, 15) is 28.4 Å². The van der Waals surface area contributed by atoms with Gasteiger partial charge in [0.05, 0.1) is 4.92 Å². The number of hydrogen-bond donors (Lipinski definition) is 1. The zero-order valence-electron chi connectivity index (χ0n) is 12.5. The van der Waals surface area contributed by atoms with E-state index >= 15 is 0 Å². The Balaban J connectivity index is 3.40. The van der Waals surface area contributed by atoms with Gasteiger partial charge in [-0.15, -0.1) is 0 Å². The van der Waals surface area contributed by atoms with Gasteiger partial charge in [-0.1, -0.05) is 32.4 Å². The number of carboxylic acid groups (broad SMARTS) is 1. The van der Waals surface area contributed by atoms with Crippen LogP contribution in [0, 0.1) is 16.0 Å². The lowest BCUT2D eigenvalue weighted by Crippen LogP contribution is -2.46. The molecule has 0 aromatic heterocycles. The third kappa shape index (κ3) is 3.42. The molecule has 9 heteroatoms. The smallest absolute Gasteiger partial charge is 0.322 e. The molecule has 122 valence electrons. The number of hydrogen-bond acceptors (Lipinski definition) is 5. The highest BCUT2D eigenvalue weighted by molar-refractivity contribution is 7.89. The van der Waals surface area contributed by atoms with Gasteiger partial charge < -0.3 is 5.11 Å². The first kappa shape index (κ1) is 18.1. The first-order valence-electron chi connectivity index (χ1n) is 6.58. The average molecular weight is 330 g/mol. The van der Waals surface area contributed by atoms with Gasteiger partial charge in [0.15, 0.2) is 4.90 Å². The molecule has 0 amide bonds. The molecule has 0 radical (unpaired) electrons. The van der Waals surface area contributed by atoms with Crippen LogP contribution in [0.5, 0.6) is 0 Å². The minimum atomic E-state index is -4.30. The maximum atomic E-state index is 12.6. The predicted molar refractivity (Wildman–Crippen MR) is 78.9 cm³/mol. The lowest BCUT2D eigenvalue weighted by Gasteiger charge is -2.28. The molecule has 1 aromatic rings. The number of likely N-dealkylation sites (N-methyl/N-ethyl adjacent to an activating group) is 1. The molecule has 0 saturated carbocycles. The van der Waals surface area contributed by atoms with Crippen molar-refractivity contribution in [1.82, 2.24) is 4.31 Å². The van der Waals surface area contributed by atoms with Gasteiger partial charge in [0.1, 0.15) is 6.04 Å². The molecule has 0 aliphatic carbocycles. The summed E-state index contributed by atoms with van der Waals surface area (Å²) >= 11 is 0. The second-order valence-electron chi connectivity index (χ2n) is 4.91. The number of para-hydroxylation sites is 1. The summed E-state index contributed by atoms with van der Waals surface area (Å²) < 4.78 is 25.9. The van der Waals surface area contributed by atoms with E-state index in [0.717, 1.165) is 19.2 Å². The van der Waals surface area contributed by atoms with Gasteiger partial charge in [0.2, 0.25) is 10.0 Å². The first-order valence-corrected chi connectivity index (χ1v) is 8.02. The van der Waals surface area contributed by atoms with Crippen LogP contribution >= 0.6 is 0 Å². The van der Waals surface area contributed by atoms with Gasteiger partial charge in [-0.3, -0.25) is 14.9 Å². The second-order valence-corrected chi connectivity index (χ2v) is 6.88. The molecule has 0 saturated heterocycles. The number of aliphatic carboxylic acids is 1. The van der Waals surface area contributed by atoms with Crippen LogP contribution < -0.4 is 0 Å². The zero-order chi connectivity index (χ0) is 17.1. The van der Waals surface area contributed by atoms with Crippen molar-refractivity contribution in [3.63, 3.8) is 0 Å². The Morgan fingerprint density at radius 3 is 2.41 bits per heavy atom. The van der Waals surface area contributed by atoms with Crippen LogP contribution in [0.2, 0.25) is 0 Å². The van der Waals surface area contributed by atoms with Crippen LogP contribution in [0.1, 0.15) is 20.3 Å². The minimum absolute atomic E-state index is 0.444. The Hall–Kier alpha value is -2.00.